The Kier molecular flexibility index (Phi) is 4.91. The Bertz CT molecular complexity index is 1190. The normalized spacial score (nSPS) is 13.9. The first-order chi connectivity index (χ1) is 13.9. The number of nitrogens with zero attached hydrogens (tertiary/aromatic N) is 1. The first kappa shape index (κ1) is 19.3. The molecule has 7 nitrogen and oxygen atoms in total. The van der Waals surface area contributed by atoms with E-state index in [0.717, 1.165) is 19.5 Å². The molecule has 0 atom stereocenters. The number of rotatable bonds is 6. The van der Waals surface area contributed by atoms with Gasteiger partial charge in [-0.1, -0.05) is 12.1 Å². The van der Waals surface area contributed by atoms with E-state index >= 15 is 0 Å². The summed E-state index contributed by atoms with van der Waals surface area (Å²) in [5.41, 5.74) is 1.25. The molecule has 0 bridgehead atoms. The lowest BCUT2D eigenvalue weighted by atomic mass is 10.1. The fraction of sp³-hybridized carbons (Fsp3) is 0.250. The summed E-state index contributed by atoms with van der Waals surface area (Å²) < 4.78 is 47.3. The zero-order valence-electron chi connectivity index (χ0n) is 15.7. The maximum Gasteiger partial charge on any atom is 0.300 e. The predicted octanol–water partition coefficient (Wildman–Crippen LogP) is 3.33. The molecule has 0 spiro atoms. The number of benzene rings is 2. The summed E-state index contributed by atoms with van der Waals surface area (Å²) in [6.45, 7) is 4.02. The number of para-hydroxylation sites is 1. The number of halogens is 1. The van der Waals surface area contributed by atoms with Crippen LogP contribution in [0.5, 0.6) is 0 Å². The number of nitrogens with one attached hydrogen (secondary N) is 2. The molecule has 1 aliphatic rings. The van der Waals surface area contributed by atoms with E-state index in [-0.39, 0.29) is 21.6 Å². The number of carbonyl (C=O) groups excluding carboxylic acids is 1. The fourth-order valence-electron chi connectivity index (χ4n) is 3.22. The lowest BCUT2D eigenvalue weighted by Crippen LogP contribution is -2.36. The van der Waals surface area contributed by atoms with Crippen LogP contribution in [0.2, 0.25) is 0 Å². The third-order valence-electron chi connectivity index (χ3n) is 4.79. The summed E-state index contributed by atoms with van der Waals surface area (Å²) in [4.78, 5) is 14.5. The summed E-state index contributed by atoms with van der Waals surface area (Å²) in [6, 6.07) is 10.5. The number of amides is 1. The number of furan rings is 1. The van der Waals surface area contributed by atoms with Crippen molar-refractivity contribution < 1.29 is 22.0 Å². The number of anilines is 2. The van der Waals surface area contributed by atoms with Crippen molar-refractivity contribution in [3.63, 3.8) is 0 Å². The highest BCUT2D eigenvalue weighted by Gasteiger charge is 2.25. The molecule has 3 aromatic rings. The Hall–Kier alpha value is -3.07. The molecule has 0 unspecified atom stereocenters. The third-order valence-corrected chi connectivity index (χ3v) is 6.18. The Morgan fingerprint density at radius 1 is 1.21 bits per heavy atom. The van der Waals surface area contributed by atoms with Gasteiger partial charge in [-0.15, -0.1) is 0 Å². The smallest absolute Gasteiger partial charge is 0.300 e. The van der Waals surface area contributed by atoms with E-state index in [1.165, 1.54) is 18.2 Å². The SMILES string of the molecule is CCNc1ccccc1S(=O)(=O)NC(=O)c1cc2c(F)cc(N3CCC3)cc2o1. The van der Waals surface area contributed by atoms with Gasteiger partial charge in [0.15, 0.2) is 5.76 Å². The van der Waals surface area contributed by atoms with E-state index in [2.05, 4.69) is 5.32 Å². The first-order valence-electron chi connectivity index (χ1n) is 9.27. The molecule has 1 saturated heterocycles. The van der Waals surface area contributed by atoms with E-state index in [4.69, 9.17) is 4.42 Å². The minimum atomic E-state index is -4.15. The molecule has 4 rings (SSSR count). The summed E-state index contributed by atoms with van der Waals surface area (Å²) >= 11 is 0. The van der Waals surface area contributed by atoms with E-state index < -0.39 is 21.7 Å². The van der Waals surface area contributed by atoms with Crippen molar-refractivity contribution in [1.29, 1.82) is 0 Å². The van der Waals surface area contributed by atoms with Gasteiger partial charge in [-0.25, -0.2) is 17.5 Å². The molecule has 1 aliphatic heterocycles. The van der Waals surface area contributed by atoms with Crippen LogP contribution in [0.3, 0.4) is 0 Å². The zero-order valence-corrected chi connectivity index (χ0v) is 16.6. The molecule has 152 valence electrons. The second-order valence-electron chi connectivity index (χ2n) is 6.75. The lowest BCUT2D eigenvalue weighted by molar-refractivity contribution is 0.0956. The van der Waals surface area contributed by atoms with Crippen LogP contribution in [0.4, 0.5) is 15.8 Å². The molecule has 1 fully saturated rings. The van der Waals surface area contributed by atoms with E-state index in [1.54, 1.807) is 24.3 Å². The van der Waals surface area contributed by atoms with Gasteiger partial charge in [0.1, 0.15) is 16.3 Å². The monoisotopic (exact) mass is 417 g/mol. The summed E-state index contributed by atoms with van der Waals surface area (Å²) in [5.74, 6) is -1.76. The quantitative estimate of drug-likeness (QED) is 0.639. The van der Waals surface area contributed by atoms with Crippen molar-refractivity contribution in [2.45, 2.75) is 18.2 Å². The maximum atomic E-state index is 14.4. The van der Waals surface area contributed by atoms with E-state index in [9.17, 15) is 17.6 Å². The molecule has 2 heterocycles. The Morgan fingerprint density at radius 2 is 1.97 bits per heavy atom. The molecule has 0 radical (unpaired) electrons. The molecular formula is C20H20FN3O4S. The van der Waals surface area contributed by atoms with Crippen molar-refractivity contribution in [2.24, 2.45) is 0 Å². The Morgan fingerprint density at radius 3 is 2.66 bits per heavy atom. The largest absolute Gasteiger partial charge is 0.451 e. The van der Waals surface area contributed by atoms with Gasteiger partial charge in [-0.05, 0) is 31.5 Å². The second kappa shape index (κ2) is 7.40. The van der Waals surface area contributed by atoms with Gasteiger partial charge < -0.3 is 14.6 Å². The van der Waals surface area contributed by atoms with Crippen molar-refractivity contribution in [1.82, 2.24) is 4.72 Å². The van der Waals surface area contributed by atoms with Crippen LogP contribution in [0.25, 0.3) is 11.0 Å². The van der Waals surface area contributed by atoms with Crippen molar-refractivity contribution >= 4 is 38.3 Å². The number of fused-ring (bicyclic) bond motifs is 1. The van der Waals surface area contributed by atoms with Gasteiger partial charge in [-0.2, -0.15) is 0 Å². The van der Waals surface area contributed by atoms with Gasteiger partial charge in [0.2, 0.25) is 0 Å². The van der Waals surface area contributed by atoms with Crippen LogP contribution in [-0.2, 0) is 10.0 Å². The molecule has 0 saturated carbocycles. The number of hydrogen-bond donors (Lipinski definition) is 2. The predicted molar refractivity (Wildman–Crippen MR) is 108 cm³/mol. The highest BCUT2D eigenvalue weighted by atomic mass is 32.2. The average molecular weight is 417 g/mol. The van der Waals surface area contributed by atoms with Crippen LogP contribution in [0.15, 0.2) is 51.8 Å². The highest BCUT2D eigenvalue weighted by molar-refractivity contribution is 7.90. The minimum absolute atomic E-state index is 0.0578. The first-order valence-corrected chi connectivity index (χ1v) is 10.8. The summed E-state index contributed by atoms with van der Waals surface area (Å²) in [7, 11) is -4.15. The highest BCUT2D eigenvalue weighted by Crippen LogP contribution is 2.30. The van der Waals surface area contributed by atoms with Gasteiger partial charge >= 0.3 is 5.91 Å². The van der Waals surface area contributed by atoms with Gasteiger partial charge in [-0.3, -0.25) is 4.79 Å². The molecule has 29 heavy (non-hydrogen) atoms. The van der Waals surface area contributed by atoms with E-state index in [1.807, 2.05) is 16.5 Å². The Labute approximate surface area is 167 Å². The maximum absolute atomic E-state index is 14.4. The van der Waals surface area contributed by atoms with Crippen LogP contribution < -0.4 is 14.9 Å². The molecule has 1 amide bonds. The molecule has 2 N–H and O–H groups in total. The Balaban J connectivity index is 1.63. The molecular weight excluding hydrogens is 397 g/mol. The van der Waals surface area contributed by atoms with Gasteiger partial charge in [0, 0.05) is 37.5 Å². The standard InChI is InChI=1S/C20H20FN3O4S/c1-2-22-16-6-3-4-7-19(16)29(26,27)23-20(25)18-12-14-15(21)10-13(11-17(14)28-18)24-8-5-9-24/h3-4,6-7,10-12,22H,2,5,8-9H2,1H3,(H,23,25). The third kappa shape index (κ3) is 3.65. The van der Waals surface area contributed by atoms with Crippen molar-refractivity contribution in [2.75, 3.05) is 29.9 Å². The number of hydrogen-bond acceptors (Lipinski definition) is 6. The van der Waals surface area contributed by atoms with Gasteiger partial charge in [0.05, 0.1) is 11.1 Å². The molecule has 2 aromatic carbocycles. The minimum Gasteiger partial charge on any atom is -0.451 e. The van der Waals surface area contributed by atoms with E-state index in [0.29, 0.717) is 17.9 Å². The molecule has 1 aromatic heterocycles. The summed E-state index contributed by atoms with van der Waals surface area (Å²) in [5, 5.41) is 3.07. The van der Waals surface area contributed by atoms with Crippen LogP contribution >= 0.6 is 0 Å². The van der Waals surface area contributed by atoms with Crippen LogP contribution in [0.1, 0.15) is 23.9 Å². The summed E-state index contributed by atoms with van der Waals surface area (Å²) in [6.07, 6.45) is 1.04. The lowest BCUT2D eigenvalue weighted by Gasteiger charge is -2.33. The number of sulfonamides is 1. The molecule has 0 aliphatic carbocycles. The van der Waals surface area contributed by atoms with Crippen molar-refractivity contribution in [3.8, 4) is 0 Å². The topological polar surface area (TPSA) is 91.7 Å². The van der Waals surface area contributed by atoms with Crippen LogP contribution in [0, 0.1) is 5.82 Å². The van der Waals surface area contributed by atoms with Crippen molar-refractivity contribution in [3.05, 3.63) is 54.0 Å². The number of carbonyl (C=O) groups is 1. The fourth-order valence-corrected chi connectivity index (χ4v) is 4.36. The van der Waals surface area contributed by atoms with Gasteiger partial charge in [0.25, 0.3) is 10.0 Å². The molecule has 9 heteroatoms. The van der Waals surface area contributed by atoms with Crippen LogP contribution in [-0.4, -0.2) is 34.0 Å². The second-order valence-corrected chi connectivity index (χ2v) is 8.40. The zero-order chi connectivity index (χ0) is 20.6. The average Bonchev–Trinajstić information content (AvgIpc) is 3.06.